The van der Waals surface area contributed by atoms with Gasteiger partial charge in [0.25, 0.3) is 0 Å². The Balaban J connectivity index is 1.74. The Bertz CT molecular complexity index is 1080. The molecule has 2 aromatic heterocycles. The van der Waals surface area contributed by atoms with E-state index in [1.807, 2.05) is 42.5 Å². The maximum atomic E-state index is 12.7. The van der Waals surface area contributed by atoms with Crippen LogP contribution in [0.2, 0.25) is 5.02 Å². The normalized spacial score (nSPS) is 10.7. The number of carbonyl (C=O) groups excluding carboxylic acids is 1. The van der Waals surface area contributed by atoms with Crippen molar-refractivity contribution in [2.45, 2.75) is 6.92 Å². The van der Waals surface area contributed by atoms with Crippen molar-refractivity contribution in [3.8, 4) is 22.5 Å². The molecule has 0 aliphatic rings. The molecule has 0 aliphatic heterocycles. The second-order valence-electron chi connectivity index (χ2n) is 5.89. The average Bonchev–Trinajstić information content (AvgIpc) is 3.29. The molecule has 27 heavy (non-hydrogen) atoms. The van der Waals surface area contributed by atoms with Crippen LogP contribution in [0.25, 0.3) is 22.5 Å². The maximum Gasteiger partial charge on any atom is 0.347 e. The number of nitrogens with one attached hydrogen (secondary N) is 1. The molecule has 0 saturated heterocycles. The summed E-state index contributed by atoms with van der Waals surface area (Å²) in [5.41, 5.74) is 3.44. The van der Waals surface area contributed by atoms with Crippen molar-refractivity contribution in [1.82, 2.24) is 14.9 Å². The number of anilines is 1. The van der Waals surface area contributed by atoms with Gasteiger partial charge in [0.05, 0.1) is 17.5 Å². The number of rotatable bonds is 3. The van der Waals surface area contributed by atoms with Gasteiger partial charge in [0.2, 0.25) is 0 Å². The Morgan fingerprint density at radius 1 is 1.07 bits per heavy atom. The van der Waals surface area contributed by atoms with Gasteiger partial charge in [-0.15, -0.1) is 0 Å². The van der Waals surface area contributed by atoms with Crippen molar-refractivity contribution in [3.63, 3.8) is 0 Å². The number of hydrogen-bond acceptors (Lipinski definition) is 4. The molecule has 0 fully saturated rings. The van der Waals surface area contributed by atoms with Gasteiger partial charge in [0, 0.05) is 16.3 Å². The lowest BCUT2D eigenvalue weighted by Gasteiger charge is -2.09. The largest absolute Gasteiger partial charge is 0.360 e. The van der Waals surface area contributed by atoms with Crippen LogP contribution in [0.1, 0.15) is 5.76 Å². The third-order valence-electron chi connectivity index (χ3n) is 4.10. The maximum absolute atomic E-state index is 12.7. The Kier molecular flexibility index (Phi) is 4.48. The standard InChI is InChI=1S/C20H15ClN4O2/c1-13-18(19(24-27-13)14-7-9-15(21)10-8-14)17-11-12-22-25(17)20(26)23-16-5-3-2-4-6-16/h2-12H,1H3,(H,23,26). The Labute approximate surface area is 160 Å². The van der Waals surface area contributed by atoms with Gasteiger partial charge in [0.1, 0.15) is 11.5 Å². The fourth-order valence-electron chi connectivity index (χ4n) is 2.83. The predicted octanol–water partition coefficient (Wildman–Crippen LogP) is 5.25. The third kappa shape index (κ3) is 3.35. The fourth-order valence-corrected chi connectivity index (χ4v) is 2.96. The summed E-state index contributed by atoms with van der Waals surface area (Å²) in [6.07, 6.45) is 1.57. The summed E-state index contributed by atoms with van der Waals surface area (Å²) in [5, 5.41) is 11.8. The molecule has 4 aromatic rings. The van der Waals surface area contributed by atoms with Crippen molar-refractivity contribution in [2.24, 2.45) is 0 Å². The average molecular weight is 379 g/mol. The summed E-state index contributed by atoms with van der Waals surface area (Å²) < 4.78 is 6.70. The van der Waals surface area contributed by atoms with E-state index in [2.05, 4.69) is 15.6 Å². The van der Waals surface area contributed by atoms with Crippen LogP contribution in [-0.2, 0) is 0 Å². The van der Waals surface area contributed by atoms with Crippen LogP contribution < -0.4 is 5.32 Å². The first kappa shape index (κ1) is 17.1. The number of aromatic nitrogens is 3. The monoisotopic (exact) mass is 378 g/mol. The molecule has 0 saturated carbocycles. The van der Waals surface area contributed by atoms with E-state index in [9.17, 15) is 4.79 Å². The lowest BCUT2D eigenvalue weighted by Crippen LogP contribution is -2.21. The first-order valence-corrected chi connectivity index (χ1v) is 8.64. The SMILES string of the molecule is Cc1onc(-c2ccc(Cl)cc2)c1-c1ccnn1C(=O)Nc1ccccc1. The molecule has 1 N–H and O–H groups in total. The second-order valence-corrected chi connectivity index (χ2v) is 6.33. The topological polar surface area (TPSA) is 73.0 Å². The van der Waals surface area contributed by atoms with E-state index in [-0.39, 0.29) is 6.03 Å². The van der Waals surface area contributed by atoms with Crippen LogP contribution in [0.15, 0.2) is 71.4 Å². The van der Waals surface area contributed by atoms with E-state index in [1.165, 1.54) is 4.68 Å². The quantitative estimate of drug-likeness (QED) is 0.528. The molecule has 0 spiro atoms. The second kappa shape index (κ2) is 7.09. The highest BCUT2D eigenvalue weighted by Crippen LogP contribution is 2.34. The van der Waals surface area contributed by atoms with Crippen LogP contribution in [-0.4, -0.2) is 21.0 Å². The number of carbonyl (C=O) groups is 1. The van der Waals surface area contributed by atoms with E-state index < -0.39 is 0 Å². The van der Waals surface area contributed by atoms with Gasteiger partial charge >= 0.3 is 6.03 Å². The van der Waals surface area contributed by atoms with Gasteiger partial charge in [-0.2, -0.15) is 9.78 Å². The van der Waals surface area contributed by atoms with Gasteiger partial charge in [-0.3, -0.25) is 0 Å². The smallest absolute Gasteiger partial charge is 0.347 e. The van der Waals surface area contributed by atoms with Gasteiger partial charge in [-0.05, 0) is 37.3 Å². The van der Waals surface area contributed by atoms with E-state index in [0.29, 0.717) is 33.4 Å². The molecule has 0 aliphatic carbocycles. The van der Waals surface area contributed by atoms with Gasteiger partial charge in [-0.1, -0.05) is 47.1 Å². The number of aryl methyl sites for hydroxylation is 1. The summed E-state index contributed by atoms with van der Waals surface area (Å²) in [7, 11) is 0. The molecule has 7 heteroatoms. The number of nitrogens with zero attached hydrogens (tertiary/aromatic N) is 3. The Morgan fingerprint density at radius 2 is 1.81 bits per heavy atom. The molecule has 2 heterocycles. The summed E-state index contributed by atoms with van der Waals surface area (Å²) in [5.74, 6) is 0.592. The zero-order valence-corrected chi connectivity index (χ0v) is 15.1. The van der Waals surface area contributed by atoms with Crippen molar-refractivity contribution < 1.29 is 9.32 Å². The molecule has 1 amide bonds. The zero-order valence-electron chi connectivity index (χ0n) is 14.4. The number of halogens is 1. The Hall–Kier alpha value is -3.38. The van der Waals surface area contributed by atoms with E-state index in [4.69, 9.17) is 16.1 Å². The van der Waals surface area contributed by atoms with Crippen LogP contribution in [0, 0.1) is 6.92 Å². The first-order valence-electron chi connectivity index (χ1n) is 8.26. The third-order valence-corrected chi connectivity index (χ3v) is 4.35. The highest BCUT2D eigenvalue weighted by molar-refractivity contribution is 6.30. The van der Waals surface area contributed by atoms with E-state index in [0.717, 1.165) is 5.56 Å². The minimum absolute atomic E-state index is 0.371. The molecule has 2 aromatic carbocycles. The van der Waals surface area contributed by atoms with Crippen molar-refractivity contribution in [2.75, 3.05) is 5.32 Å². The van der Waals surface area contributed by atoms with Crippen LogP contribution in [0.3, 0.4) is 0 Å². The Morgan fingerprint density at radius 3 is 2.56 bits per heavy atom. The summed E-state index contributed by atoms with van der Waals surface area (Å²) in [4.78, 5) is 12.7. The molecular formula is C20H15ClN4O2. The fraction of sp³-hybridized carbons (Fsp3) is 0.0500. The number of benzene rings is 2. The molecule has 0 unspecified atom stereocenters. The molecule has 4 rings (SSSR count). The highest BCUT2D eigenvalue weighted by atomic mass is 35.5. The molecule has 0 bridgehead atoms. The molecular weight excluding hydrogens is 364 g/mol. The molecule has 134 valence electrons. The van der Waals surface area contributed by atoms with Crippen LogP contribution in [0.5, 0.6) is 0 Å². The van der Waals surface area contributed by atoms with E-state index >= 15 is 0 Å². The van der Waals surface area contributed by atoms with E-state index in [1.54, 1.807) is 31.3 Å². The van der Waals surface area contributed by atoms with Gasteiger partial charge in [0.15, 0.2) is 0 Å². The number of para-hydroxylation sites is 1. The van der Waals surface area contributed by atoms with Crippen molar-refractivity contribution >= 4 is 23.3 Å². The first-order chi connectivity index (χ1) is 13.1. The summed E-state index contributed by atoms with van der Waals surface area (Å²) >= 11 is 5.98. The van der Waals surface area contributed by atoms with Crippen LogP contribution in [0.4, 0.5) is 10.5 Å². The molecule has 6 nitrogen and oxygen atoms in total. The molecule has 0 radical (unpaired) electrons. The number of amides is 1. The summed E-state index contributed by atoms with van der Waals surface area (Å²) in [6, 6.07) is 17.9. The van der Waals surface area contributed by atoms with Crippen molar-refractivity contribution in [1.29, 1.82) is 0 Å². The lowest BCUT2D eigenvalue weighted by molar-refractivity contribution is 0.251. The summed E-state index contributed by atoms with van der Waals surface area (Å²) in [6.45, 7) is 1.80. The zero-order chi connectivity index (χ0) is 18.8. The predicted molar refractivity (Wildman–Crippen MR) is 104 cm³/mol. The minimum atomic E-state index is -0.371. The van der Waals surface area contributed by atoms with Crippen LogP contribution >= 0.6 is 11.6 Å². The van der Waals surface area contributed by atoms with Gasteiger partial charge < -0.3 is 9.84 Å². The molecule has 0 atom stereocenters. The lowest BCUT2D eigenvalue weighted by atomic mass is 10.0. The number of hydrogen-bond donors (Lipinski definition) is 1. The van der Waals surface area contributed by atoms with Gasteiger partial charge in [-0.25, -0.2) is 4.79 Å². The highest BCUT2D eigenvalue weighted by Gasteiger charge is 2.22. The minimum Gasteiger partial charge on any atom is -0.360 e. The van der Waals surface area contributed by atoms with Crippen molar-refractivity contribution in [3.05, 3.63) is 77.6 Å².